The molecule has 32 heavy (non-hydrogen) atoms. The molecule has 0 heterocycles. The van der Waals surface area contributed by atoms with Crippen LogP contribution in [-0.4, -0.2) is 36.5 Å². The van der Waals surface area contributed by atoms with Crippen LogP contribution in [0.1, 0.15) is 22.3 Å². The van der Waals surface area contributed by atoms with Crippen molar-refractivity contribution in [3.63, 3.8) is 0 Å². The zero-order valence-electron chi connectivity index (χ0n) is 17.9. The molecule has 0 radical (unpaired) electrons. The van der Waals surface area contributed by atoms with Gasteiger partial charge in [0.1, 0.15) is 5.75 Å². The van der Waals surface area contributed by atoms with Crippen molar-refractivity contribution >= 4 is 22.1 Å². The summed E-state index contributed by atoms with van der Waals surface area (Å²) in [6, 6.07) is 20.3. The summed E-state index contributed by atoms with van der Waals surface area (Å²) < 4.78 is 27.7. The first kappa shape index (κ1) is 23.2. The first-order chi connectivity index (χ1) is 15.2. The highest BCUT2D eigenvalue weighted by atomic mass is 32.2. The molecule has 0 aromatic heterocycles. The van der Waals surface area contributed by atoms with E-state index in [0.29, 0.717) is 5.56 Å². The van der Waals surface area contributed by atoms with Crippen molar-refractivity contribution in [1.82, 2.24) is 9.73 Å². The molecule has 3 aromatic rings. The van der Waals surface area contributed by atoms with Crippen LogP contribution in [-0.2, 0) is 21.4 Å². The normalized spacial score (nSPS) is 11.7. The molecule has 0 saturated heterocycles. The van der Waals surface area contributed by atoms with Crippen molar-refractivity contribution in [3.05, 3.63) is 95.1 Å². The van der Waals surface area contributed by atoms with Crippen LogP contribution < -0.4 is 5.43 Å². The maximum Gasteiger partial charge on any atom is 0.255 e. The molecule has 3 rings (SSSR count). The van der Waals surface area contributed by atoms with Crippen LogP contribution in [0.5, 0.6) is 5.75 Å². The topological polar surface area (TPSA) is 99.1 Å². The molecule has 8 heteroatoms. The molecule has 0 fully saturated rings. The Morgan fingerprint density at radius 1 is 1.00 bits per heavy atom. The Bertz CT molecular complexity index is 1200. The molecule has 7 nitrogen and oxygen atoms in total. The Kier molecular flexibility index (Phi) is 7.40. The molecule has 0 aliphatic carbocycles. The van der Waals surface area contributed by atoms with Gasteiger partial charge in [0.25, 0.3) is 5.91 Å². The molecule has 1 amide bonds. The summed E-state index contributed by atoms with van der Waals surface area (Å²) in [7, 11) is -3.92. The van der Waals surface area contributed by atoms with Gasteiger partial charge in [-0.25, -0.2) is 13.8 Å². The number of phenolic OH excluding ortho intramolecular Hbond substituents is 1. The molecular formula is C24H25N3O4S. The first-order valence-electron chi connectivity index (χ1n) is 9.97. The van der Waals surface area contributed by atoms with E-state index < -0.39 is 22.5 Å². The monoisotopic (exact) mass is 451 g/mol. The van der Waals surface area contributed by atoms with E-state index in [9.17, 15) is 18.3 Å². The quantitative estimate of drug-likeness (QED) is 0.405. The molecule has 0 atom stereocenters. The van der Waals surface area contributed by atoms with Gasteiger partial charge >= 0.3 is 0 Å². The minimum atomic E-state index is -3.92. The van der Waals surface area contributed by atoms with Gasteiger partial charge in [-0.2, -0.15) is 9.41 Å². The summed E-state index contributed by atoms with van der Waals surface area (Å²) in [4.78, 5) is 12.6. The van der Waals surface area contributed by atoms with Gasteiger partial charge in [-0.3, -0.25) is 4.79 Å². The fraction of sp³-hybridized carbons (Fsp3) is 0.167. The molecule has 0 unspecified atom stereocenters. The Hall–Kier alpha value is -3.49. The maximum absolute atomic E-state index is 13.3. The van der Waals surface area contributed by atoms with Gasteiger partial charge in [-0.05, 0) is 49.2 Å². The third-order valence-electron chi connectivity index (χ3n) is 4.73. The summed E-state index contributed by atoms with van der Waals surface area (Å²) in [5.41, 5.74) is 5.70. The standard InChI is InChI=1S/C24H25N3O4S/c1-18-6-10-20(11-7-18)16-27(32(30,31)23-12-8-19(2)9-13-23)17-24(29)26-25-15-21-4-3-5-22(28)14-21/h3-15,28H,16-17H2,1-2H3,(H,26,29). The number of phenols is 1. The van der Waals surface area contributed by atoms with Crippen LogP contribution >= 0.6 is 0 Å². The number of hydrogen-bond donors (Lipinski definition) is 2. The number of rotatable bonds is 8. The van der Waals surface area contributed by atoms with Gasteiger partial charge < -0.3 is 5.11 Å². The molecule has 2 N–H and O–H groups in total. The van der Waals surface area contributed by atoms with E-state index in [4.69, 9.17) is 0 Å². The second-order valence-corrected chi connectivity index (χ2v) is 9.40. The van der Waals surface area contributed by atoms with Crippen molar-refractivity contribution in [2.75, 3.05) is 6.54 Å². The number of carbonyl (C=O) groups is 1. The van der Waals surface area contributed by atoms with Crippen LogP contribution in [0.2, 0.25) is 0 Å². The number of amides is 1. The van der Waals surface area contributed by atoms with Gasteiger partial charge in [-0.1, -0.05) is 59.7 Å². The van der Waals surface area contributed by atoms with E-state index in [1.807, 2.05) is 38.1 Å². The molecule has 0 aliphatic rings. The van der Waals surface area contributed by atoms with E-state index in [1.165, 1.54) is 30.5 Å². The van der Waals surface area contributed by atoms with Gasteiger partial charge in [0, 0.05) is 6.54 Å². The van der Waals surface area contributed by atoms with E-state index in [1.54, 1.807) is 24.3 Å². The lowest BCUT2D eigenvalue weighted by atomic mass is 10.1. The Balaban J connectivity index is 1.79. The minimum Gasteiger partial charge on any atom is -0.508 e. The van der Waals surface area contributed by atoms with Crippen molar-refractivity contribution in [3.8, 4) is 5.75 Å². The number of nitrogens with zero attached hydrogens (tertiary/aromatic N) is 2. The molecule has 0 spiro atoms. The predicted molar refractivity (Wildman–Crippen MR) is 124 cm³/mol. The Morgan fingerprint density at radius 2 is 1.62 bits per heavy atom. The smallest absolute Gasteiger partial charge is 0.255 e. The van der Waals surface area contributed by atoms with Crippen molar-refractivity contribution < 1.29 is 18.3 Å². The molecule has 0 saturated carbocycles. The van der Waals surface area contributed by atoms with Crippen molar-refractivity contribution in [2.24, 2.45) is 5.10 Å². The molecular weight excluding hydrogens is 426 g/mol. The lowest BCUT2D eigenvalue weighted by Gasteiger charge is -2.21. The number of aryl methyl sites for hydroxylation is 2. The summed E-state index contributed by atoms with van der Waals surface area (Å²) in [6.07, 6.45) is 1.37. The highest BCUT2D eigenvalue weighted by Crippen LogP contribution is 2.19. The highest BCUT2D eigenvalue weighted by Gasteiger charge is 2.26. The zero-order chi connectivity index (χ0) is 23.1. The Labute approximate surface area is 188 Å². The van der Waals surface area contributed by atoms with Gasteiger partial charge in [0.05, 0.1) is 17.7 Å². The summed E-state index contributed by atoms with van der Waals surface area (Å²) in [5.74, 6) is -0.502. The van der Waals surface area contributed by atoms with Gasteiger partial charge in [0.2, 0.25) is 10.0 Å². The van der Waals surface area contributed by atoms with Crippen LogP contribution in [0.25, 0.3) is 0 Å². The fourth-order valence-electron chi connectivity index (χ4n) is 2.96. The maximum atomic E-state index is 13.3. The first-order valence-corrected chi connectivity index (χ1v) is 11.4. The number of sulfonamides is 1. The largest absolute Gasteiger partial charge is 0.508 e. The third-order valence-corrected chi connectivity index (χ3v) is 6.54. The number of hydrazone groups is 1. The lowest BCUT2D eigenvalue weighted by Crippen LogP contribution is -2.39. The Morgan fingerprint density at radius 3 is 2.25 bits per heavy atom. The van der Waals surface area contributed by atoms with Crippen LogP contribution in [0.3, 0.4) is 0 Å². The molecule has 0 bridgehead atoms. The number of benzene rings is 3. The van der Waals surface area contributed by atoms with E-state index in [2.05, 4.69) is 10.5 Å². The van der Waals surface area contributed by atoms with E-state index in [-0.39, 0.29) is 17.2 Å². The lowest BCUT2D eigenvalue weighted by molar-refractivity contribution is -0.121. The number of carbonyl (C=O) groups excluding carboxylic acids is 1. The molecule has 3 aromatic carbocycles. The SMILES string of the molecule is Cc1ccc(CN(CC(=O)NN=Cc2cccc(O)c2)S(=O)(=O)c2ccc(C)cc2)cc1. The number of hydrogen-bond acceptors (Lipinski definition) is 5. The van der Waals surface area contributed by atoms with Crippen molar-refractivity contribution in [1.29, 1.82) is 0 Å². The third kappa shape index (κ3) is 6.26. The van der Waals surface area contributed by atoms with Crippen molar-refractivity contribution in [2.45, 2.75) is 25.3 Å². The average molecular weight is 452 g/mol. The second-order valence-electron chi connectivity index (χ2n) is 7.46. The summed E-state index contributed by atoms with van der Waals surface area (Å²) in [6.45, 7) is 3.46. The fourth-order valence-corrected chi connectivity index (χ4v) is 4.35. The number of aromatic hydroxyl groups is 1. The van der Waals surface area contributed by atoms with Gasteiger partial charge in [0.15, 0.2) is 0 Å². The zero-order valence-corrected chi connectivity index (χ0v) is 18.7. The summed E-state index contributed by atoms with van der Waals surface area (Å²) >= 11 is 0. The van der Waals surface area contributed by atoms with Crippen LogP contribution in [0.15, 0.2) is 82.8 Å². The predicted octanol–water partition coefficient (Wildman–Crippen LogP) is 3.35. The highest BCUT2D eigenvalue weighted by molar-refractivity contribution is 7.89. The minimum absolute atomic E-state index is 0.0418. The van der Waals surface area contributed by atoms with E-state index in [0.717, 1.165) is 21.0 Å². The van der Waals surface area contributed by atoms with Crippen LogP contribution in [0, 0.1) is 13.8 Å². The molecule has 0 aliphatic heterocycles. The molecule has 166 valence electrons. The number of nitrogens with one attached hydrogen (secondary N) is 1. The average Bonchev–Trinajstić information content (AvgIpc) is 2.75. The van der Waals surface area contributed by atoms with E-state index >= 15 is 0 Å². The van der Waals surface area contributed by atoms with Crippen LogP contribution in [0.4, 0.5) is 0 Å². The second kappa shape index (κ2) is 10.2. The summed E-state index contributed by atoms with van der Waals surface area (Å²) in [5, 5.41) is 13.4. The van der Waals surface area contributed by atoms with Gasteiger partial charge in [-0.15, -0.1) is 0 Å².